The number of benzene rings is 2. The van der Waals surface area contributed by atoms with Crippen LogP contribution < -0.4 is 15.0 Å². The topological polar surface area (TPSA) is 77.5 Å². The summed E-state index contributed by atoms with van der Waals surface area (Å²) in [6.45, 7) is 7.06. The van der Waals surface area contributed by atoms with Crippen LogP contribution in [0.15, 0.2) is 54.4 Å². The van der Waals surface area contributed by atoms with E-state index in [1.807, 2.05) is 30.5 Å². The summed E-state index contributed by atoms with van der Waals surface area (Å²) < 4.78 is 10.6. The van der Waals surface area contributed by atoms with E-state index in [1.165, 1.54) is 0 Å². The van der Waals surface area contributed by atoms with Gasteiger partial charge in [0.1, 0.15) is 18.1 Å². The van der Waals surface area contributed by atoms with Crippen molar-refractivity contribution >= 4 is 34.9 Å². The number of hydrogen-bond acceptors (Lipinski definition) is 8. The molecule has 4 rings (SSSR count). The summed E-state index contributed by atoms with van der Waals surface area (Å²) >= 11 is 12.9. The Morgan fingerprint density at radius 1 is 1.14 bits per heavy atom. The molecule has 0 saturated carbocycles. The third kappa shape index (κ3) is 6.56. The van der Waals surface area contributed by atoms with Crippen molar-refractivity contribution in [3.05, 3.63) is 70.0 Å². The number of aliphatic hydroxyl groups excluding tert-OH is 1. The first-order chi connectivity index (χ1) is 17.5. The van der Waals surface area contributed by atoms with Crippen molar-refractivity contribution in [1.82, 2.24) is 15.1 Å². The number of esters is 1. The van der Waals surface area contributed by atoms with Crippen LogP contribution in [-0.4, -0.2) is 80.1 Å². The molecule has 0 spiro atoms. The lowest BCUT2D eigenvalue weighted by atomic mass is 10.0. The molecule has 2 aromatic carbocycles. The van der Waals surface area contributed by atoms with Gasteiger partial charge in [0.25, 0.3) is 0 Å². The minimum Gasteiger partial charge on any atom is -0.491 e. The number of aliphatic hydroxyl groups is 1. The van der Waals surface area contributed by atoms with Crippen LogP contribution in [0.4, 0.5) is 5.69 Å². The second-order valence-electron chi connectivity index (χ2n) is 8.66. The molecule has 1 unspecified atom stereocenters. The van der Waals surface area contributed by atoms with E-state index in [-0.39, 0.29) is 25.2 Å². The van der Waals surface area contributed by atoms with Crippen LogP contribution in [0.2, 0.25) is 10.0 Å². The number of carbonyl (C=O) groups excluding carboxylic acids is 1. The zero-order valence-electron chi connectivity index (χ0n) is 20.3. The zero-order chi connectivity index (χ0) is 25.5. The van der Waals surface area contributed by atoms with Crippen molar-refractivity contribution in [2.45, 2.75) is 13.0 Å². The molecule has 2 aromatic rings. The molecule has 194 valence electrons. The van der Waals surface area contributed by atoms with E-state index in [2.05, 4.69) is 32.1 Å². The number of rotatable bonds is 10. The molecule has 0 aliphatic carbocycles. The molecular formula is C26H32Cl2N4O4. The molecule has 0 amide bonds. The number of nitrogens with one attached hydrogen (secondary N) is 1. The van der Waals surface area contributed by atoms with Gasteiger partial charge in [0.2, 0.25) is 0 Å². The van der Waals surface area contributed by atoms with Crippen molar-refractivity contribution in [2.75, 3.05) is 64.1 Å². The van der Waals surface area contributed by atoms with E-state index >= 15 is 0 Å². The fourth-order valence-electron chi connectivity index (χ4n) is 4.48. The van der Waals surface area contributed by atoms with Crippen LogP contribution in [0.5, 0.6) is 5.75 Å². The van der Waals surface area contributed by atoms with Crippen molar-refractivity contribution in [3.63, 3.8) is 0 Å². The van der Waals surface area contributed by atoms with Gasteiger partial charge in [0.05, 0.1) is 36.6 Å². The van der Waals surface area contributed by atoms with Crippen molar-refractivity contribution in [2.24, 2.45) is 0 Å². The highest BCUT2D eigenvalue weighted by atomic mass is 35.5. The first-order valence-electron chi connectivity index (χ1n) is 12.1. The standard InChI is InChI=1S/C26H32Cl2N4O4/c1-2-35-26(34)23-16-31(18-29-23)10-9-30-11-12-32(25(17-30)19-3-5-20(27)6-4-19)24-8-7-21(15-22(24)28)36-14-13-33/h3-8,15-16,25,29,33H,2,9-14,17-18H2,1H3. The Labute approximate surface area is 222 Å². The molecule has 8 nitrogen and oxygen atoms in total. The second-order valence-corrected chi connectivity index (χ2v) is 9.50. The number of piperazine rings is 1. The van der Waals surface area contributed by atoms with Gasteiger partial charge >= 0.3 is 5.97 Å². The largest absolute Gasteiger partial charge is 0.491 e. The number of hydrogen-bond donors (Lipinski definition) is 2. The first-order valence-corrected chi connectivity index (χ1v) is 12.9. The van der Waals surface area contributed by atoms with Gasteiger partial charge in [0, 0.05) is 50.0 Å². The summed E-state index contributed by atoms with van der Waals surface area (Å²) in [7, 11) is 0. The highest BCUT2D eigenvalue weighted by Gasteiger charge is 2.30. The lowest BCUT2D eigenvalue weighted by Gasteiger charge is -2.43. The quantitative estimate of drug-likeness (QED) is 0.448. The Morgan fingerprint density at radius 2 is 1.94 bits per heavy atom. The van der Waals surface area contributed by atoms with Gasteiger partial charge in [0.15, 0.2) is 0 Å². The zero-order valence-corrected chi connectivity index (χ0v) is 21.8. The van der Waals surface area contributed by atoms with E-state index in [9.17, 15) is 4.79 Å². The SMILES string of the molecule is CCOC(=O)C1=CN(CCN2CCN(c3ccc(OCCO)cc3Cl)C(c3ccc(Cl)cc3)C2)CN1. The molecule has 0 aromatic heterocycles. The minimum absolute atomic E-state index is 0.0482. The normalized spacial score (nSPS) is 18.1. The molecule has 0 bridgehead atoms. The lowest BCUT2D eigenvalue weighted by molar-refractivity contribution is -0.138. The van der Waals surface area contributed by atoms with E-state index in [0.29, 0.717) is 34.8 Å². The van der Waals surface area contributed by atoms with Crippen LogP contribution >= 0.6 is 23.2 Å². The summed E-state index contributed by atoms with van der Waals surface area (Å²) in [5, 5.41) is 13.4. The Hall–Kier alpha value is -2.65. The van der Waals surface area contributed by atoms with E-state index in [4.69, 9.17) is 37.8 Å². The van der Waals surface area contributed by atoms with Gasteiger partial charge < -0.3 is 29.7 Å². The van der Waals surface area contributed by atoms with Gasteiger partial charge in [-0.1, -0.05) is 35.3 Å². The van der Waals surface area contributed by atoms with E-state index < -0.39 is 0 Å². The van der Waals surface area contributed by atoms with Crippen LogP contribution in [0.3, 0.4) is 0 Å². The van der Waals surface area contributed by atoms with Crippen LogP contribution in [0, 0.1) is 0 Å². The molecule has 2 aliphatic rings. The molecular weight excluding hydrogens is 503 g/mol. The van der Waals surface area contributed by atoms with Crippen molar-refractivity contribution in [1.29, 1.82) is 0 Å². The first kappa shape index (κ1) is 26.4. The predicted octanol–water partition coefficient (Wildman–Crippen LogP) is 3.50. The fraction of sp³-hybridized carbons (Fsp3) is 0.423. The van der Waals surface area contributed by atoms with Gasteiger partial charge in [-0.2, -0.15) is 0 Å². The molecule has 1 atom stereocenters. The summed E-state index contributed by atoms with van der Waals surface area (Å²) in [6, 6.07) is 13.7. The smallest absolute Gasteiger partial charge is 0.355 e. The Balaban J connectivity index is 1.46. The van der Waals surface area contributed by atoms with Gasteiger partial charge in [-0.05, 0) is 36.8 Å². The maximum atomic E-state index is 12.0. The third-order valence-corrected chi connectivity index (χ3v) is 6.85. The van der Waals surface area contributed by atoms with Crippen molar-refractivity contribution in [3.8, 4) is 5.75 Å². The third-order valence-electron chi connectivity index (χ3n) is 6.29. The predicted molar refractivity (Wildman–Crippen MR) is 141 cm³/mol. The average molecular weight is 535 g/mol. The Kier molecular flexibility index (Phi) is 9.20. The molecule has 2 heterocycles. The minimum atomic E-state index is -0.318. The van der Waals surface area contributed by atoms with Gasteiger partial charge in [-0.25, -0.2) is 4.79 Å². The van der Waals surface area contributed by atoms with Crippen LogP contribution in [0.1, 0.15) is 18.5 Å². The summed E-state index contributed by atoms with van der Waals surface area (Å²) in [4.78, 5) is 18.8. The highest BCUT2D eigenvalue weighted by Crippen LogP contribution is 2.37. The molecule has 1 fully saturated rings. The summed E-state index contributed by atoms with van der Waals surface area (Å²) in [5.74, 6) is 0.315. The second kappa shape index (κ2) is 12.5. The van der Waals surface area contributed by atoms with Crippen LogP contribution in [-0.2, 0) is 9.53 Å². The average Bonchev–Trinajstić information content (AvgIpc) is 3.36. The fourth-order valence-corrected chi connectivity index (χ4v) is 4.89. The number of halogens is 2. The monoisotopic (exact) mass is 534 g/mol. The van der Waals surface area contributed by atoms with Gasteiger partial charge in [-0.15, -0.1) is 0 Å². The lowest BCUT2D eigenvalue weighted by Crippen LogP contribution is -2.50. The molecule has 1 saturated heterocycles. The van der Waals surface area contributed by atoms with E-state index in [0.717, 1.165) is 44.0 Å². The van der Waals surface area contributed by atoms with Crippen molar-refractivity contribution < 1.29 is 19.4 Å². The molecule has 2 N–H and O–H groups in total. The maximum absolute atomic E-state index is 12.0. The number of ether oxygens (including phenoxy) is 2. The molecule has 10 heteroatoms. The number of nitrogens with zero attached hydrogens (tertiary/aromatic N) is 3. The molecule has 0 radical (unpaired) electrons. The Morgan fingerprint density at radius 3 is 2.67 bits per heavy atom. The maximum Gasteiger partial charge on any atom is 0.355 e. The number of anilines is 1. The number of carbonyl (C=O) groups is 1. The van der Waals surface area contributed by atoms with E-state index in [1.54, 1.807) is 13.0 Å². The Bertz CT molecular complexity index is 1070. The van der Waals surface area contributed by atoms with Crippen LogP contribution in [0.25, 0.3) is 0 Å². The summed E-state index contributed by atoms with van der Waals surface area (Å²) in [5.41, 5.74) is 2.60. The molecule has 2 aliphatic heterocycles. The highest BCUT2D eigenvalue weighted by molar-refractivity contribution is 6.33. The molecule has 36 heavy (non-hydrogen) atoms. The summed E-state index contributed by atoms with van der Waals surface area (Å²) in [6.07, 6.45) is 1.84. The van der Waals surface area contributed by atoms with Gasteiger partial charge in [-0.3, -0.25) is 4.90 Å².